The maximum Gasteiger partial charge on any atom is 1.00 e. The van der Waals surface area contributed by atoms with Gasteiger partial charge in [-0.15, -0.1) is 0 Å². The first-order chi connectivity index (χ1) is 13.8. The van der Waals surface area contributed by atoms with Crippen molar-refractivity contribution in [1.29, 1.82) is 0 Å². The first-order valence-electron chi connectivity index (χ1n) is 10.7. The second-order valence-corrected chi connectivity index (χ2v) is 8.65. The Morgan fingerprint density at radius 2 is 1.60 bits per heavy atom. The zero-order valence-electron chi connectivity index (χ0n) is 19.6. The topological polar surface area (TPSA) is 35.5 Å². The summed E-state index contributed by atoms with van der Waals surface area (Å²) in [6.07, 6.45) is 4.87. The Morgan fingerprint density at radius 1 is 1.03 bits per heavy atom. The summed E-state index contributed by atoms with van der Waals surface area (Å²) in [5.41, 5.74) is 2.01. The number of hydrogen-bond donors (Lipinski definition) is 0. The van der Waals surface area contributed by atoms with Crippen molar-refractivity contribution in [3.05, 3.63) is 83.8 Å². The predicted molar refractivity (Wildman–Crippen MR) is 119 cm³/mol. The Bertz CT molecular complexity index is 741. The number of ether oxygens (including phenoxy) is 1. The fourth-order valence-electron chi connectivity index (χ4n) is 3.51. The van der Waals surface area contributed by atoms with E-state index >= 15 is 0 Å². The van der Waals surface area contributed by atoms with Crippen molar-refractivity contribution in [2.75, 3.05) is 0 Å². The summed E-state index contributed by atoms with van der Waals surface area (Å²) in [5.74, 6) is -0.239. The fourth-order valence-corrected chi connectivity index (χ4v) is 3.51. The zero-order chi connectivity index (χ0) is 21.3. The Hall–Kier alpha value is -1.66. The molecule has 0 fully saturated rings. The molecule has 0 saturated carbocycles. The van der Waals surface area contributed by atoms with Gasteiger partial charge in [0.05, 0.1) is 0 Å². The molecule has 3 nitrogen and oxygen atoms in total. The van der Waals surface area contributed by atoms with E-state index in [-0.39, 0.29) is 36.9 Å². The molecule has 2 aromatic rings. The molecule has 0 N–H and O–H groups in total. The van der Waals surface area contributed by atoms with Crippen LogP contribution in [0.15, 0.2) is 72.7 Å². The molecule has 0 heterocycles. The Morgan fingerprint density at radius 3 is 2.13 bits per heavy atom. The smallest absolute Gasteiger partial charge is 0.608 e. The van der Waals surface area contributed by atoms with Crippen molar-refractivity contribution >= 4 is 0 Å². The summed E-state index contributed by atoms with van der Waals surface area (Å²) in [6.45, 7) is 10.9. The summed E-state index contributed by atoms with van der Waals surface area (Å²) in [5, 5.41) is 12.6. The zero-order valence-corrected chi connectivity index (χ0v) is 19.6. The molecule has 0 aromatic heterocycles. The van der Waals surface area contributed by atoms with Crippen LogP contribution in [-0.2, 0) is 11.3 Å². The van der Waals surface area contributed by atoms with Gasteiger partial charge in [-0.2, -0.15) is 0 Å². The molecule has 30 heavy (non-hydrogen) atoms. The van der Waals surface area contributed by atoms with Crippen LogP contribution in [0.1, 0.15) is 71.0 Å². The molecule has 0 radical (unpaired) electrons. The minimum absolute atomic E-state index is 0. The van der Waals surface area contributed by atoms with Gasteiger partial charge < -0.3 is 9.84 Å². The van der Waals surface area contributed by atoms with Crippen molar-refractivity contribution in [2.24, 2.45) is 0 Å². The van der Waals surface area contributed by atoms with Crippen molar-refractivity contribution in [1.82, 2.24) is 4.90 Å². The molecule has 2 rings (SSSR count). The number of rotatable bonds is 10. The monoisotopic (exact) mass is 401 g/mol. The third kappa shape index (κ3) is 9.00. The first-order valence-corrected chi connectivity index (χ1v) is 10.7. The quantitative estimate of drug-likeness (QED) is 0.454. The minimum Gasteiger partial charge on any atom is -0.608 e. The summed E-state index contributed by atoms with van der Waals surface area (Å²) in [7, 11) is 0. The summed E-state index contributed by atoms with van der Waals surface area (Å²) in [4.78, 5) is 2.42. The average Bonchev–Trinajstić information content (AvgIpc) is 2.69. The molecule has 0 aliphatic carbocycles. The van der Waals surface area contributed by atoms with E-state index in [9.17, 15) is 5.11 Å². The summed E-state index contributed by atoms with van der Waals surface area (Å²) >= 11 is 0. The first kappa shape index (κ1) is 26.4. The van der Waals surface area contributed by atoms with E-state index in [0.29, 0.717) is 0 Å². The third-order valence-electron chi connectivity index (χ3n) is 5.00. The minimum atomic E-state index is -0.488. The van der Waals surface area contributed by atoms with Crippen LogP contribution < -0.4 is 24.0 Å². The molecular weight excluding hydrogens is 365 g/mol. The van der Waals surface area contributed by atoms with Gasteiger partial charge in [-0.05, 0) is 30.5 Å². The van der Waals surface area contributed by atoms with E-state index in [1.165, 1.54) is 11.1 Å². The Balaban J connectivity index is 0.00000450. The van der Waals surface area contributed by atoms with Crippen LogP contribution in [0.2, 0.25) is 0 Å². The van der Waals surface area contributed by atoms with Crippen LogP contribution in [0.5, 0.6) is 0 Å². The van der Waals surface area contributed by atoms with E-state index in [2.05, 4.69) is 67.3 Å². The van der Waals surface area contributed by atoms with Gasteiger partial charge in [0, 0.05) is 30.2 Å². The van der Waals surface area contributed by atoms with Gasteiger partial charge in [0.15, 0.2) is 0 Å². The molecule has 2 aromatic carbocycles. The number of benzene rings is 2. The van der Waals surface area contributed by atoms with E-state index in [4.69, 9.17) is 4.74 Å². The van der Waals surface area contributed by atoms with Crippen LogP contribution >= 0.6 is 0 Å². The van der Waals surface area contributed by atoms with Gasteiger partial charge in [0.2, 0.25) is 0 Å². The number of nitrogens with zero attached hydrogens (tertiary/aromatic N) is 1. The fraction of sp³-hybridized carbons (Fsp3) is 0.462. The van der Waals surface area contributed by atoms with Gasteiger partial charge in [0.25, 0.3) is 0 Å². The molecule has 1 unspecified atom stereocenters. The molecular formula is C26H36LiNO2. The summed E-state index contributed by atoms with van der Waals surface area (Å²) in [6, 6.07) is 21.2. The van der Waals surface area contributed by atoms with Crippen LogP contribution in [0, 0.1) is 0 Å². The van der Waals surface area contributed by atoms with Gasteiger partial charge in [0.1, 0.15) is 0 Å². The van der Waals surface area contributed by atoms with Gasteiger partial charge in [-0.25, -0.2) is 0 Å². The van der Waals surface area contributed by atoms with Crippen LogP contribution in [0.4, 0.5) is 0 Å². The van der Waals surface area contributed by atoms with Gasteiger partial charge in [-0.1, -0.05) is 101 Å². The third-order valence-corrected chi connectivity index (χ3v) is 5.00. The van der Waals surface area contributed by atoms with E-state index < -0.39 is 5.60 Å². The molecule has 0 saturated heterocycles. The van der Waals surface area contributed by atoms with Crippen LogP contribution in [0.25, 0.3) is 0 Å². The van der Waals surface area contributed by atoms with Crippen molar-refractivity contribution in [3.8, 4) is 0 Å². The summed E-state index contributed by atoms with van der Waals surface area (Å²) < 4.78 is 5.61. The predicted octanol–water partition coefficient (Wildman–Crippen LogP) is 2.83. The van der Waals surface area contributed by atoms with Crippen molar-refractivity contribution < 1.29 is 28.7 Å². The van der Waals surface area contributed by atoms with Crippen molar-refractivity contribution in [2.45, 2.75) is 78.1 Å². The standard InChI is InChI=1S/C26H37NO2.Li/c1-6-7-18-24(19-25(28)29-26(3,4)5)27(20-22-14-10-8-11-15-22)21(2)23-16-12-9-13-17-23;/h8-17,19,21,24,28H,6-7,18,20H2,1-5H3;/q;+1/p-1/b25-19+;/t21?,24-;/m0./s1. The van der Waals surface area contributed by atoms with Crippen LogP contribution in [-0.4, -0.2) is 16.5 Å². The molecule has 0 aliphatic rings. The Kier molecular flexibility index (Phi) is 11.3. The maximum absolute atomic E-state index is 12.6. The van der Waals surface area contributed by atoms with E-state index in [0.717, 1.165) is 25.8 Å². The second kappa shape index (κ2) is 12.9. The molecule has 0 aliphatic heterocycles. The molecule has 0 amide bonds. The molecule has 0 bridgehead atoms. The number of unbranched alkanes of at least 4 members (excludes halogenated alkanes) is 1. The molecule has 2 atom stereocenters. The Labute approximate surface area is 195 Å². The van der Waals surface area contributed by atoms with E-state index in [1.54, 1.807) is 6.08 Å². The van der Waals surface area contributed by atoms with E-state index in [1.807, 2.05) is 32.9 Å². The average molecular weight is 402 g/mol. The second-order valence-electron chi connectivity index (χ2n) is 8.65. The van der Waals surface area contributed by atoms with Gasteiger partial charge in [-0.3, -0.25) is 4.90 Å². The largest absolute Gasteiger partial charge is 1.00 e. The molecule has 158 valence electrons. The SMILES string of the molecule is CCCC[C@@H](/C=C(\[O-])OC(C)(C)C)N(Cc1ccccc1)C(C)c1ccccc1.[Li+]. The molecule has 4 heteroatoms. The molecule has 0 spiro atoms. The van der Waals surface area contributed by atoms with Gasteiger partial charge >= 0.3 is 18.9 Å². The number of hydrogen-bond acceptors (Lipinski definition) is 3. The van der Waals surface area contributed by atoms with Crippen molar-refractivity contribution in [3.63, 3.8) is 0 Å². The normalized spacial score (nSPS) is 14.1. The van der Waals surface area contributed by atoms with Crippen LogP contribution in [0.3, 0.4) is 0 Å². The maximum atomic E-state index is 12.6.